The Morgan fingerprint density at radius 1 is 1.14 bits per heavy atom. The molecule has 0 saturated carbocycles. The number of aryl methyl sites for hydroxylation is 1. The molecule has 152 valence electrons. The first-order valence-corrected chi connectivity index (χ1v) is 9.47. The Hall–Kier alpha value is -3.42. The molecule has 0 aliphatic carbocycles. The highest BCUT2D eigenvalue weighted by Gasteiger charge is 2.19. The lowest BCUT2D eigenvalue weighted by molar-refractivity contribution is -0.385. The number of nitrogens with one attached hydrogen (secondary N) is 1. The van der Waals surface area contributed by atoms with E-state index >= 15 is 0 Å². The Kier molecular flexibility index (Phi) is 6.43. The van der Waals surface area contributed by atoms with Crippen LogP contribution in [-0.2, 0) is 11.3 Å². The minimum absolute atomic E-state index is 0.0335. The van der Waals surface area contributed by atoms with E-state index in [9.17, 15) is 19.7 Å². The lowest BCUT2D eigenvalue weighted by Crippen LogP contribution is -2.29. The number of nitro groups is 1. The number of carbonyl (C=O) groups is 2. The lowest BCUT2D eigenvalue weighted by Gasteiger charge is -2.15. The zero-order chi connectivity index (χ0) is 20.8. The van der Waals surface area contributed by atoms with Crippen molar-refractivity contribution in [3.8, 4) is 5.75 Å². The normalized spacial score (nSPS) is 13.2. The van der Waals surface area contributed by atoms with Gasteiger partial charge in [0, 0.05) is 31.3 Å². The third kappa shape index (κ3) is 5.31. The van der Waals surface area contributed by atoms with E-state index in [0.717, 1.165) is 37.1 Å². The molecule has 2 aromatic rings. The van der Waals surface area contributed by atoms with Crippen molar-refractivity contribution in [3.63, 3.8) is 0 Å². The van der Waals surface area contributed by atoms with Gasteiger partial charge < -0.3 is 15.0 Å². The fourth-order valence-electron chi connectivity index (χ4n) is 3.16. The van der Waals surface area contributed by atoms with Gasteiger partial charge >= 0.3 is 5.69 Å². The number of amides is 2. The van der Waals surface area contributed by atoms with Gasteiger partial charge in [0.25, 0.3) is 11.8 Å². The quantitative estimate of drug-likeness (QED) is 0.572. The largest absolute Gasteiger partial charge is 0.477 e. The van der Waals surface area contributed by atoms with E-state index in [1.807, 2.05) is 4.90 Å². The minimum Gasteiger partial charge on any atom is -0.477 e. The number of likely N-dealkylation sites (tertiary alicyclic amines) is 1. The molecule has 1 N–H and O–H groups in total. The van der Waals surface area contributed by atoms with Crippen molar-refractivity contribution in [3.05, 3.63) is 69.3 Å². The zero-order valence-electron chi connectivity index (χ0n) is 16.2. The highest BCUT2D eigenvalue weighted by atomic mass is 16.6. The SMILES string of the molecule is Cc1ccc(OCC(=O)NCc2ccc(C(=O)N3CCCC3)cc2)c([N+](=O)[O-])c1. The summed E-state index contributed by atoms with van der Waals surface area (Å²) in [4.78, 5) is 36.7. The summed E-state index contributed by atoms with van der Waals surface area (Å²) in [6, 6.07) is 11.7. The van der Waals surface area contributed by atoms with Gasteiger partial charge in [-0.05, 0) is 49.1 Å². The molecule has 0 atom stereocenters. The maximum atomic E-state index is 12.3. The molecule has 3 rings (SSSR count). The summed E-state index contributed by atoms with van der Waals surface area (Å²) in [5, 5.41) is 13.8. The van der Waals surface area contributed by atoms with Gasteiger partial charge in [-0.3, -0.25) is 19.7 Å². The number of nitro benzene ring substituents is 1. The Balaban J connectivity index is 1.49. The van der Waals surface area contributed by atoms with E-state index in [2.05, 4.69) is 5.32 Å². The Bertz CT molecular complexity index is 905. The number of ether oxygens (including phenoxy) is 1. The molecule has 1 aliphatic rings. The van der Waals surface area contributed by atoms with Crippen LogP contribution >= 0.6 is 0 Å². The molecule has 1 heterocycles. The Morgan fingerprint density at radius 2 is 1.83 bits per heavy atom. The topological polar surface area (TPSA) is 102 Å². The van der Waals surface area contributed by atoms with Crippen molar-refractivity contribution < 1.29 is 19.2 Å². The fourth-order valence-corrected chi connectivity index (χ4v) is 3.16. The van der Waals surface area contributed by atoms with Crippen LogP contribution in [-0.4, -0.2) is 41.3 Å². The summed E-state index contributed by atoms with van der Waals surface area (Å²) in [7, 11) is 0. The predicted molar refractivity (Wildman–Crippen MR) is 107 cm³/mol. The zero-order valence-corrected chi connectivity index (χ0v) is 16.2. The van der Waals surface area contributed by atoms with E-state index in [1.165, 1.54) is 12.1 Å². The van der Waals surface area contributed by atoms with Crippen molar-refractivity contribution in [1.29, 1.82) is 0 Å². The van der Waals surface area contributed by atoms with Crippen LogP contribution in [0.3, 0.4) is 0 Å². The summed E-state index contributed by atoms with van der Waals surface area (Å²) >= 11 is 0. The van der Waals surface area contributed by atoms with Crippen molar-refractivity contribution in [1.82, 2.24) is 10.2 Å². The summed E-state index contributed by atoms with van der Waals surface area (Å²) in [6.45, 7) is 3.30. The van der Waals surface area contributed by atoms with Crippen molar-refractivity contribution in [2.45, 2.75) is 26.3 Å². The average Bonchev–Trinajstić information content (AvgIpc) is 3.26. The van der Waals surface area contributed by atoms with Gasteiger partial charge in [-0.15, -0.1) is 0 Å². The molecule has 8 nitrogen and oxygen atoms in total. The van der Waals surface area contributed by atoms with Crippen LogP contribution < -0.4 is 10.1 Å². The molecule has 0 aromatic heterocycles. The van der Waals surface area contributed by atoms with Crippen LogP contribution in [0, 0.1) is 17.0 Å². The number of hydrogen-bond acceptors (Lipinski definition) is 5. The Morgan fingerprint density at radius 3 is 2.48 bits per heavy atom. The molecule has 8 heteroatoms. The summed E-state index contributed by atoms with van der Waals surface area (Å²) in [6.07, 6.45) is 2.09. The predicted octanol–water partition coefficient (Wildman–Crippen LogP) is 2.83. The van der Waals surface area contributed by atoms with Gasteiger partial charge in [0.15, 0.2) is 12.4 Å². The van der Waals surface area contributed by atoms with Gasteiger partial charge in [0.1, 0.15) is 0 Å². The molecule has 2 aromatic carbocycles. The monoisotopic (exact) mass is 397 g/mol. The smallest absolute Gasteiger partial charge is 0.311 e. The van der Waals surface area contributed by atoms with Gasteiger partial charge in [-0.25, -0.2) is 0 Å². The van der Waals surface area contributed by atoms with E-state index in [0.29, 0.717) is 5.56 Å². The molecule has 29 heavy (non-hydrogen) atoms. The van der Waals surface area contributed by atoms with Gasteiger partial charge in [0.05, 0.1) is 4.92 Å². The molecular formula is C21H23N3O5. The summed E-state index contributed by atoms with van der Waals surface area (Å²) < 4.78 is 5.31. The molecule has 1 aliphatic heterocycles. The van der Waals surface area contributed by atoms with Crippen LogP contribution in [0.1, 0.15) is 34.3 Å². The number of hydrogen-bond donors (Lipinski definition) is 1. The fraction of sp³-hybridized carbons (Fsp3) is 0.333. The van der Waals surface area contributed by atoms with Crippen LogP contribution in [0.15, 0.2) is 42.5 Å². The third-order valence-corrected chi connectivity index (χ3v) is 4.75. The number of nitrogens with zero attached hydrogens (tertiary/aromatic N) is 2. The third-order valence-electron chi connectivity index (χ3n) is 4.75. The molecular weight excluding hydrogens is 374 g/mol. The van der Waals surface area contributed by atoms with Crippen molar-refractivity contribution in [2.75, 3.05) is 19.7 Å². The molecule has 0 spiro atoms. The first-order valence-electron chi connectivity index (χ1n) is 9.47. The van der Waals surface area contributed by atoms with Gasteiger partial charge in [-0.2, -0.15) is 0 Å². The van der Waals surface area contributed by atoms with E-state index < -0.39 is 10.8 Å². The second-order valence-electron chi connectivity index (χ2n) is 6.99. The van der Waals surface area contributed by atoms with Gasteiger partial charge in [-0.1, -0.05) is 18.2 Å². The summed E-state index contributed by atoms with van der Waals surface area (Å²) in [5.74, 6) is -0.302. The standard InChI is InChI=1S/C21H23N3O5/c1-15-4-9-19(18(12-15)24(27)28)29-14-20(25)22-13-16-5-7-17(8-6-16)21(26)23-10-2-3-11-23/h4-9,12H,2-3,10-11,13-14H2,1H3,(H,22,25). The molecule has 1 saturated heterocycles. The molecule has 1 fully saturated rings. The van der Waals surface area contributed by atoms with Crippen LogP contribution in [0.25, 0.3) is 0 Å². The van der Waals surface area contributed by atoms with Crippen molar-refractivity contribution >= 4 is 17.5 Å². The first-order chi connectivity index (χ1) is 13.9. The van der Waals surface area contributed by atoms with Crippen LogP contribution in [0.2, 0.25) is 0 Å². The van der Waals surface area contributed by atoms with E-state index in [1.54, 1.807) is 37.3 Å². The molecule has 0 radical (unpaired) electrons. The maximum Gasteiger partial charge on any atom is 0.311 e. The molecule has 0 bridgehead atoms. The minimum atomic E-state index is -0.536. The second kappa shape index (κ2) is 9.18. The maximum absolute atomic E-state index is 12.3. The average molecular weight is 397 g/mol. The Labute approximate surface area is 168 Å². The van der Waals surface area contributed by atoms with E-state index in [-0.39, 0.29) is 30.5 Å². The number of rotatable bonds is 7. The molecule has 2 amide bonds. The number of carbonyl (C=O) groups excluding carboxylic acids is 2. The summed E-state index contributed by atoms with van der Waals surface area (Å²) in [5.41, 5.74) is 2.05. The molecule has 0 unspecified atom stereocenters. The lowest BCUT2D eigenvalue weighted by atomic mass is 10.1. The van der Waals surface area contributed by atoms with Crippen LogP contribution in [0.4, 0.5) is 5.69 Å². The highest BCUT2D eigenvalue weighted by Crippen LogP contribution is 2.27. The van der Waals surface area contributed by atoms with E-state index in [4.69, 9.17) is 4.74 Å². The first kappa shape index (κ1) is 20.3. The highest BCUT2D eigenvalue weighted by molar-refractivity contribution is 5.94. The van der Waals surface area contributed by atoms with Crippen molar-refractivity contribution in [2.24, 2.45) is 0 Å². The van der Waals surface area contributed by atoms with Crippen LogP contribution in [0.5, 0.6) is 5.75 Å². The van der Waals surface area contributed by atoms with Gasteiger partial charge in [0.2, 0.25) is 0 Å². The number of benzene rings is 2. The second-order valence-corrected chi connectivity index (χ2v) is 6.99.